The fourth-order valence-electron chi connectivity index (χ4n) is 3.13. The van der Waals surface area contributed by atoms with E-state index >= 15 is 0 Å². The van der Waals surface area contributed by atoms with Crippen LogP contribution >= 0.6 is 7.74 Å². The molecule has 1 aliphatic heterocycles. The summed E-state index contributed by atoms with van der Waals surface area (Å²) in [6.45, 7) is 4.33. The normalized spacial score (nSPS) is 17.9. The van der Waals surface area contributed by atoms with Gasteiger partial charge in [-0.2, -0.15) is 0 Å². The molecule has 0 saturated carbocycles. The van der Waals surface area contributed by atoms with E-state index in [9.17, 15) is 0 Å². The second-order valence-electron chi connectivity index (χ2n) is 7.32. The van der Waals surface area contributed by atoms with E-state index in [4.69, 9.17) is 22.6 Å². The molecule has 0 aliphatic carbocycles. The van der Waals surface area contributed by atoms with E-state index < -0.39 is 7.74 Å². The van der Waals surface area contributed by atoms with Crippen molar-refractivity contribution in [2.45, 2.75) is 33.7 Å². The van der Waals surface area contributed by atoms with Crippen LogP contribution in [-0.2, 0) is 42.4 Å². The summed E-state index contributed by atoms with van der Waals surface area (Å²) in [5.74, 6) is 1.18. The maximum atomic E-state index is 6.35. The van der Waals surface area contributed by atoms with E-state index in [1.807, 2.05) is 105 Å². The van der Waals surface area contributed by atoms with Crippen LogP contribution in [0.3, 0.4) is 0 Å². The van der Waals surface area contributed by atoms with Crippen LogP contribution in [0.4, 0.5) is 0 Å². The monoisotopic (exact) mass is 438 g/mol. The molecule has 0 spiro atoms. The summed E-state index contributed by atoms with van der Waals surface area (Å²) in [4.78, 5) is 0. The van der Waals surface area contributed by atoms with Crippen LogP contribution in [0.5, 0.6) is 0 Å². The summed E-state index contributed by atoms with van der Waals surface area (Å²) < 4.78 is 31.5. The molecule has 0 N–H and O–H groups in total. The Bertz CT molecular complexity index is 895. The predicted octanol–water partition coefficient (Wildman–Crippen LogP) is 7.06. The average Bonchev–Trinajstić information content (AvgIpc) is 3.08. The van der Waals surface area contributed by atoms with Gasteiger partial charge in [-0.3, -0.25) is 0 Å². The summed E-state index contributed by atoms with van der Waals surface area (Å²) in [6, 6.07) is 29.5. The Labute approximate surface area is 183 Å². The molecule has 162 valence electrons. The molecule has 4 rings (SSSR count). The van der Waals surface area contributed by atoms with Gasteiger partial charge >= 0.3 is 183 Å². The third kappa shape index (κ3) is 5.15. The summed E-state index contributed by atoms with van der Waals surface area (Å²) in [5, 5.41) is 0. The van der Waals surface area contributed by atoms with Gasteiger partial charge in [-0.1, -0.05) is 0 Å². The molecule has 0 radical (unpaired) electrons. The summed E-state index contributed by atoms with van der Waals surface area (Å²) in [5.41, 5.74) is 2.90. The van der Waals surface area contributed by atoms with Crippen molar-refractivity contribution in [3.05, 3.63) is 119 Å². The standard InChI is InChI=1S/C25H27O5P/c1-21-22(2)30-31(29-21,26-18-23-12-6-3-7-13-23,27-19-24-14-8-4-9-15-24)28-20-25-16-10-5-11-17-25/h3-17H,18-20H2,1-2H3. The number of allylic oxidation sites excluding steroid dienone is 2. The van der Waals surface area contributed by atoms with Gasteiger partial charge in [0.25, 0.3) is 0 Å². The first-order chi connectivity index (χ1) is 15.1. The van der Waals surface area contributed by atoms with Gasteiger partial charge in [0.2, 0.25) is 0 Å². The van der Waals surface area contributed by atoms with Gasteiger partial charge in [0.15, 0.2) is 0 Å². The van der Waals surface area contributed by atoms with Crippen molar-refractivity contribution in [1.29, 1.82) is 0 Å². The minimum absolute atomic E-state index is 0.225. The molecular formula is C25H27O5P. The van der Waals surface area contributed by atoms with Crippen LogP contribution in [0.1, 0.15) is 30.5 Å². The fourth-order valence-corrected chi connectivity index (χ4v) is 5.94. The van der Waals surface area contributed by atoms with E-state index in [0.717, 1.165) is 16.7 Å². The van der Waals surface area contributed by atoms with Gasteiger partial charge in [0.1, 0.15) is 0 Å². The quantitative estimate of drug-likeness (QED) is 0.335. The van der Waals surface area contributed by atoms with E-state index in [0.29, 0.717) is 11.5 Å². The number of rotatable bonds is 9. The van der Waals surface area contributed by atoms with Crippen LogP contribution in [0.15, 0.2) is 103 Å². The van der Waals surface area contributed by atoms with Crippen molar-refractivity contribution in [1.82, 2.24) is 0 Å². The SMILES string of the molecule is CC1=C(C)OP(OCc2ccccc2)(OCc2ccccc2)(OCc2ccccc2)O1. The molecule has 0 unspecified atom stereocenters. The van der Waals surface area contributed by atoms with Gasteiger partial charge in [0, 0.05) is 0 Å². The number of benzene rings is 3. The van der Waals surface area contributed by atoms with Gasteiger partial charge in [0.05, 0.1) is 0 Å². The molecule has 0 fully saturated rings. The molecular weight excluding hydrogens is 411 g/mol. The molecule has 1 heterocycles. The summed E-state index contributed by atoms with van der Waals surface area (Å²) in [7, 11) is -4.43. The zero-order valence-electron chi connectivity index (χ0n) is 17.8. The molecule has 0 saturated heterocycles. The third-order valence-electron chi connectivity index (χ3n) is 4.92. The molecule has 3 aromatic rings. The van der Waals surface area contributed by atoms with Crippen LogP contribution in [-0.4, -0.2) is 0 Å². The van der Waals surface area contributed by atoms with Gasteiger partial charge < -0.3 is 0 Å². The van der Waals surface area contributed by atoms with Gasteiger partial charge in [-0.25, -0.2) is 0 Å². The van der Waals surface area contributed by atoms with Crippen molar-refractivity contribution in [2.24, 2.45) is 0 Å². The molecule has 5 nitrogen and oxygen atoms in total. The minimum atomic E-state index is -4.43. The number of hydrogen-bond acceptors (Lipinski definition) is 5. The first-order valence-corrected chi connectivity index (χ1v) is 12.1. The van der Waals surface area contributed by atoms with E-state index in [2.05, 4.69) is 0 Å². The Kier molecular flexibility index (Phi) is 6.40. The van der Waals surface area contributed by atoms with Crippen molar-refractivity contribution >= 4 is 7.74 Å². The van der Waals surface area contributed by atoms with Crippen LogP contribution in [0.25, 0.3) is 0 Å². The van der Waals surface area contributed by atoms with Crippen LogP contribution in [0, 0.1) is 0 Å². The Morgan fingerprint density at radius 1 is 0.516 bits per heavy atom. The van der Waals surface area contributed by atoms with Crippen molar-refractivity contribution in [2.75, 3.05) is 0 Å². The Hall–Kier alpha value is -2.69. The Balaban J connectivity index is 1.64. The topological polar surface area (TPSA) is 46.2 Å². The molecule has 1 aliphatic rings. The van der Waals surface area contributed by atoms with Crippen LogP contribution in [0.2, 0.25) is 0 Å². The van der Waals surface area contributed by atoms with Crippen LogP contribution < -0.4 is 0 Å². The molecule has 0 aromatic heterocycles. The van der Waals surface area contributed by atoms with E-state index in [-0.39, 0.29) is 19.8 Å². The second-order valence-corrected chi connectivity index (χ2v) is 9.95. The molecule has 3 aromatic carbocycles. The molecule has 6 heteroatoms. The maximum absolute atomic E-state index is 6.35. The molecule has 31 heavy (non-hydrogen) atoms. The summed E-state index contributed by atoms with van der Waals surface area (Å²) >= 11 is 0. The molecule has 0 bridgehead atoms. The second kappa shape index (κ2) is 9.21. The Morgan fingerprint density at radius 2 is 0.806 bits per heavy atom. The zero-order chi connectivity index (χ0) is 21.6. The number of hydrogen-bond donors (Lipinski definition) is 0. The van der Waals surface area contributed by atoms with Crippen molar-refractivity contribution < 1.29 is 22.6 Å². The predicted molar refractivity (Wildman–Crippen MR) is 121 cm³/mol. The summed E-state index contributed by atoms with van der Waals surface area (Å²) in [6.07, 6.45) is 0. The molecule has 0 amide bonds. The van der Waals surface area contributed by atoms with Gasteiger partial charge in [-0.15, -0.1) is 0 Å². The molecule has 0 atom stereocenters. The van der Waals surface area contributed by atoms with Crippen molar-refractivity contribution in [3.63, 3.8) is 0 Å². The fraction of sp³-hybridized carbons (Fsp3) is 0.200. The van der Waals surface area contributed by atoms with E-state index in [1.54, 1.807) is 0 Å². The zero-order valence-corrected chi connectivity index (χ0v) is 18.7. The average molecular weight is 438 g/mol. The Morgan fingerprint density at radius 3 is 1.10 bits per heavy atom. The first kappa shape index (κ1) is 21.5. The van der Waals surface area contributed by atoms with E-state index in [1.165, 1.54) is 0 Å². The first-order valence-electron chi connectivity index (χ1n) is 10.2. The van der Waals surface area contributed by atoms with Crippen molar-refractivity contribution in [3.8, 4) is 0 Å². The van der Waals surface area contributed by atoms with Gasteiger partial charge in [-0.05, 0) is 0 Å². The third-order valence-corrected chi connectivity index (χ3v) is 7.72.